The highest BCUT2D eigenvalue weighted by molar-refractivity contribution is 5.31. The molecule has 0 bridgehead atoms. The topological polar surface area (TPSA) is 35.2 Å². The smallest absolute Gasteiger partial charge is 0.127 e. The van der Waals surface area contributed by atoms with Gasteiger partial charge in [0.25, 0.3) is 0 Å². The standard InChI is InChI=1S/C11H14FNO/c1-3-4-11(13)8-5-9(12)7-10(6-8)14-2/h3,5-7,11H,1,4,13H2,2H3/t11-/m1/s1. The second-order valence-corrected chi connectivity index (χ2v) is 3.06. The van der Waals surface area contributed by atoms with Crippen molar-refractivity contribution in [2.45, 2.75) is 12.5 Å². The highest BCUT2D eigenvalue weighted by atomic mass is 19.1. The van der Waals surface area contributed by atoms with Crippen LogP contribution in [0.2, 0.25) is 0 Å². The van der Waals surface area contributed by atoms with E-state index in [1.165, 1.54) is 19.2 Å². The first-order valence-corrected chi connectivity index (χ1v) is 4.38. The number of nitrogens with two attached hydrogens (primary N) is 1. The van der Waals surface area contributed by atoms with Gasteiger partial charge in [-0.05, 0) is 24.1 Å². The third kappa shape index (κ3) is 2.57. The normalized spacial score (nSPS) is 12.2. The van der Waals surface area contributed by atoms with E-state index in [9.17, 15) is 4.39 Å². The molecular weight excluding hydrogens is 181 g/mol. The van der Waals surface area contributed by atoms with Crippen LogP contribution in [0.25, 0.3) is 0 Å². The number of methoxy groups -OCH3 is 1. The summed E-state index contributed by atoms with van der Waals surface area (Å²) < 4.78 is 18.0. The number of benzene rings is 1. The lowest BCUT2D eigenvalue weighted by molar-refractivity contribution is 0.410. The molecule has 2 N–H and O–H groups in total. The molecule has 3 heteroatoms. The first-order valence-electron chi connectivity index (χ1n) is 4.38. The maximum absolute atomic E-state index is 13.1. The fourth-order valence-electron chi connectivity index (χ4n) is 1.23. The lowest BCUT2D eigenvalue weighted by atomic mass is 10.0. The lowest BCUT2D eigenvalue weighted by Crippen LogP contribution is -2.09. The van der Waals surface area contributed by atoms with Gasteiger partial charge >= 0.3 is 0 Å². The fraction of sp³-hybridized carbons (Fsp3) is 0.273. The Hall–Kier alpha value is -1.35. The molecular formula is C11H14FNO. The number of hydrogen-bond donors (Lipinski definition) is 1. The zero-order valence-corrected chi connectivity index (χ0v) is 8.16. The van der Waals surface area contributed by atoms with E-state index in [4.69, 9.17) is 10.5 Å². The van der Waals surface area contributed by atoms with Gasteiger partial charge in [-0.2, -0.15) is 0 Å². The molecule has 0 saturated heterocycles. The highest BCUT2D eigenvalue weighted by Crippen LogP contribution is 2.21. The van der Waals surface area contributed by atoms with E-state index < -0.39 is 0 Å². The number of hydrogen-bond acceptors (Lipinski definition) is 2. The van der Waals surface area contributed by atoms with Crippen LogP contribution in [0.3, 0.4) is 0 Å². The Kier molecular flexibility index (Phi) is 3.65. The Labute approximate surface area is 83.2 Å². The minimum atomic E-state index is -0.334. The van der Waals surface area contributed by atoms with Crippen molar-refractivity contribution in [1.82, 2.24) is 0 Å². The van der Waals surface area contributed by atoms with Gasteiger partial charge in [0.1, 0.15) is 11.6 Å². The number of rotatable bonds is 4. The Bertz CT molecular complexity index is 325. The summed E-state index contributed by atoms with van der Waals surface area (Å²) in [6.07, 6.45) is 2.33. The van der Waals surface area contributed by atoms with Crippen LogP contribution in [-0.4, -0.2) is 7.11 Å². The van der Waals surface area contributed by atoms with Crippen LogP contribution in [0.4, 0.5) is 4.39 Å². The molecule has 0 amide bonds. The van der Waals surface area contributed by atoms with E-state index in [-0.39, 0.29) is 11.9 Å². The average molecular weight is 195 g/mol. The summed E-state index contributed by atoms with van der Waals surface area (Å²) in [7, 11) is 1.50. The van der Waals surface area contributed by atoms with Gasteiger partial charge in [0.15, 0.2) is 0 Å². The summed E-state index contributed by atoms with van der Waals surface area (Å²) in [6, 6.07) is 4.25. The van der Waals surface area contributed by atoms with E-state index in [2.05, 4.69) is 6.58 Å². The molecule has 0 fully saturated rings. The molecule has 14 heavy (non-hydrogen) atoms. The second kappa shape index (κ2) is 4.77. The number of halogens is 1. The Balaban J connectivity index is 2.96. The van der Waals surface area contributed by atoms with E-state index in [1.54, 1.807) is 12.1 Å². The monoisotopic (exact) mass is 195 g/mol. The van der Waals surface area contributed by atoms with Crippen molar-refractivity contribution in [1.29, 1.82) is 0 Å². The molecule has 0 aromatic heterocycles. The summed E-state index contributed by atoms with van der Waals surface area (Å²) in [5.74, 6) is 0.151. The largest absolute Gasteiger partial charge is 0.497 e. The van der Waals surface area contributed by atoms with Crippen LogP contribution >= 0.6 is 0 Å². The first kappa shape index (κ1) is 10.7. The van der Waals surface area contributed by atoms with Crippen molar-refractivity contribution in [2.24, 2.45) is 5.73 Å². The average Bonchev–Trinajstić information content (AvgIpc) is 2.17. The summed E-state index contributed by atoms with van der Waals surface area (Å²) in [5, 5.41) is 0. The van der Waals surface area contributed by atoms with Crippen molar-refractivity contribution in [3.63, 3.8) is 0 Å². The van der Waals surface area contributed by atoms with Gasteiger partial charge in [-0.25, -0.2) is 4.39 Å². The molecule has 2 nitrogen and oxygen atoms in total. The Morgan fingerprint density at radius 3 is 2.86 bits per heavy atom. The van der Waals surface area contributed by atoms with E-state index in [0.29, 0.717) is 12.2 Å². The molecule has 0 aliphatic rings. The maximum Gasteiger partial charge on any atom is 0.127 e. The van der Waals surface area contributed by atoms with Crippen molar-refractivity contribution in [2.75, 3.05) is 7.11 Å². The van der Waals surface area contributed by atoms with Gasteiger partial charge in [0, 0.05) is 12.1 Å². The Morgan fingerprint density at radius 1 is 1.57 bits per heavy atom. The van der Waals surface area contributed by atoms with Crippen molar-refractivity contribution >= 4 is 0 Å². The van der Waals surface area contributed by atoms with Crippen LogP contribution < -0.4 is 10.5 Å². The second-order valence-electron chi connectivity index (χ2n) is 3.06. The molecule has 0 radical (unpaired) electrons. The molecule has 1 rings (SSSR count). The van der Waals surface area contributed by atoms with Gasteiger partial charge in [-0.1, -0.05) is 6.08 Å². The highest BCUT2D eigenvalue weighted by Gasteiger charge is 2.07. The summed E-state index contributed by atoms with van der Waals surface area (Å²) in [6.45, 7) is 3.59. The van der Waals surface area contributed by atoms with E-state index in [0.717, 1.165) is 5.56 Å². The Morgan fingerprint density at radius 2 is 2.29 bits per heavy atom. The van der Waals surface area contributed by atoms with E-state index >= 15 is 0 Å². The molecule has 0 spiro atoms. The molecule has 0 aliphatic carbocycles. The molecule has 76 valence electrons. The van der Waals surface area contributed by atoms with Crippen molar-refractivity contribution in [3.8, 4) is 5.75 Å². The van der Waals surface area contributed by atoms with Crippen molar-refractivity contribution < 1.29 is 9.13 Å². The van der Waals surface area contributed by atoms with Gasteiger partial charge in [0.05, 0.1) is 7.11 Å². The van der Waals surface area contributed by atoms with Gasteiger partial charge in [-0.3, -0.25) is 0 Å². The summed E-state index contributed by atoms with van der Waals surface area (Å²) >= 11 is 0. The van der Waals surface area contributed by atoms with Crippen LogP contribution in [-0.2, 0) is 0 Å². The molecule has 0 aliphatic heterocycles. The zero-order chi connectivity index (χ0) is 10.6. The van der Waals surface area contributed by atoms with Gasteiger partial charge < -0.3 is 10.5 Å². The minimum Gasteiger partial charge on any atom is -0.497 e. The maximum atomic E-state index is 13.1. The molecule has 1 aromatic rings. The molecule has 1 atom stereocenters. The van der Waals surface area contributed by atoms with Crippen LogP contribution in [0, 0.1) is 5.82 Å². The van der Waals surface area contributed by atoms with Crippen LogP contribution in [0.15, 0.2) is 30.9 Å². The fourth-order valence-corrected chi connectivity index (χ4v) is 1.23. The van der Waals surface area contributed by atoms with Crippen molar-refractivity contribution in [3.05, 3.63) is 42.2 Å². The van der Waals surface area contributed by atoms with Gasteiger partial charge in [0.2, 0.25) is 0 Å². The van der Waals surface area contributed by atoms with E-state index in [1.807, 2.05) is 0 Å². The molecule has 0 saturated carbocycles. The number of ether oxygens (including phenoxy) is 1. The molecule has 0 heterocycles. The van der Waals surface area contributed by atoms with Crippen LogP contribution in [0.5, 0.6) is 5.75 Å². The first-order chi connectivity index (χ1) is 6.67. The van der Waals surface area contributed by atoms with Gasteiger partial charge in [-0.15, -0.1) is 6.58 Å². The third-order valence-corrected chi connectivity index (χ3v) is 1.98. The predicted molar refractivity (Wildman–Crippen MR) is 54.7 cm³/mol. The zero-order valence-electron chi connectivity index (χ0n) is 8.16. The predicted octanol–water partition coefficient (Wildman–Crippen LogP) is 2.41. The summed E-state index contributed by atoms with van der Waals surface area (Å²) in [5.41, 5.74) is 6.53. The third-order valence-electron chi connectivity index (χ3n) is 1.98. The SMILES string of the molecule is C=CC[C@@H](N)c1cc(F)cc(OC)c1. The van der Waals surface area contributed by atoms with Crippen LogP contribution in [0.1, 0.15) is 18.0 Å². The minimum absolute atomic E-state index is 0.225. The lowest BCUT2D eigenvalue weighted by Gasteiger charge is -2.11. The molecule has 0 unspecified atom stereocenters. The molecule has 1 aromatic carbocycles. The summed E-state index contributed by atoms with van der Waals surface area (Å²) in [4.78, 5) is 0. The quantitative estimate of drug-likeness (QED) is 0.749.